The zero-order valence-corrected chi connectivity index (χ0v) is 7.44. The SMILES string of the molecule is Cl.Cl.Cl.Cl.Cl.O=[NH+][O-]. The van der Waals surface area contributed by atoms with Gasteiger partial charge in [0.05, 0.1) is 0 Å². The van der Waals surface area contributed by atoms with Crippen LogP contribution >= 0.6 is 62.0 Å². The molecule has 8 heteroatoms. The molecule has 0 aromatic rings. The van der Waals surface area contributed by atoms with E-state index in [9.17, 15) is 0 Å². The molecule has 0 heterocycles. The van der Waals surface area contributed by atoms with Crippen LogP contribution in [0.4, 0.5) is 0 Å². The number of nitrogens with one attached hydrogen (secondary N) is 1. The third-order valence-corrected chi connectivity index (χ3v) is 0. The molecule has 0 saturated heterocycles. The quantitative estimate of drug-likeness (QED) is 0.484. The van der Waals surface area contributed by atoms with Gasteiger partial charge in [0.1, 0.15) is 0 Å². The Morgan fingerprint density at radius 2 is 0.875 bits per heavy atom. The molecule has 0 unspecified atom stereocenters. The molecule has 0 saturated carbocycles. The van der Waals surface area contributed by atoms with Crippen molar-refractivity contribution in [3.8, 4) is 0 Å². The van der Waals surface area contributed by atoms with Crippen LogP contribution in [0.15, 0.2) is 0 Å². The van der Waals surface area contributed by atoms with Gasteiger partial charge in [0, 0.05) is 5.34 Å². The molecule has 0 atom stereocenters. The van der Waals surface area contributed by atoms with Crippen molar-refractivity contribution in [3.05, 3.63) is 10.1 Å². The molecule has 0 aromatic carbocycles. The first-order chi connectivity index (χ1) is 1.41. The van der Waals surface area contributed by atoms with Crippen LogP contribution in [0, 0.1) is 10.1 Å². The maximum Gasteiger partial charge on any atom is 0.00366 e. The average Bonchev–Trinajstić information content (AvgIpc) is 0.918. The van der Waals surface area contributed by atoms with E-state index in [0.717, 1.165) is 0 Å². The van der Waals surface area contributed by atoms with Crippen molar-refractivity contribution in [1.29, 1.82) is 0 Å². The van der Waals surface area contributed by atoms with Crippen LogP contribution in [0.25, 0.3) is 0 Å². The Bertz CT molecular complexity index is 17.9. The van der Waals surface area contributed by atoms with Gasteiger partial charge in [0.2, 0.25) is 0 Å². The van der Waals surface area contributed by atoms with Gasteiger partial charge >= 0.3 is 0 Å². The summed E-state index contributed by atoms with van der Waals surface area (Å²) < 4.78 is 0. The average molecular weight is 229 g/mol. The van der Waals surface area contributed by atoms with E-state index in [-0.39, 0.29) is 67.4 Å². The molecule has 1 N–H and O–H groups in total. The van der Waals surface area contributed by atoms with E-state index in [1.807, 2.05) is 0 Å². The van der Waals surface area contributed by atoms with Crippen molar-refractivity contribution < 1.29 is 5.34 Å². The molecule has 0 aliphatic carbocycles. The zero-order valence-electron chi connectivity index (χ0n) is 3.36. The number of hydrogen-bond acceptors (Lipinski definition) is 2. The van der Waals surface area contributed by atoms with Crippen molar-refractivity contribution >= 4 is 62.0 Å². The number of rotatable bonds is 0. The summed E-state index contributed by atoms with van der Waals surface area (Å²) in [5.41, 5.74) is 0. The summed E-state index contributed by atoms with van der Waals surface area (Å²) in [6.07, 6.45) is 0. The van der Waals surface area contributed by atoms with Gasteiger partial charge in [-0.05, 0) is 0 Å². The highest BCUT2D eigenvalue weighted by atomic mass is 35.5. The number of hydrogen-bond donors (Lipinski definition) is 1. The van der Waals surface area contributed by atoms with E-state index in [1.54, 1.807) is 0 Å². The predicted molar refractivity (Wildman–Crippen MR) is 43.9 cm³/mol. The monoisotopic (exact) mass is 227 g/mol. The fourth-order valence-corrected chi connectivity index (χ4v) is 0. The summed E-state index contributed by atoms with van der Waals surface area (Å²) in [4.78, 5) is 8.12. The topological polar surface area (TPSA) is 54.1 Å². The molecule has 0 aliphatic heterocycles. The van der Waals surface area contributed by atoms with E-state index in [0.29, 0.717) is 0 Å². The second-order valence-electron chi connectivity index (χ2n) is 0.0833. The summed E-state index contributed by atoms with van der Waals surface area (Å²) in [5, 5.41) is 8.38. The molecule has 0 bridgehead atoms. The van der Waals surface area contributed by atoms with Crippen LogP contribution in [0.3, 0.4) is 0 Å². The molecule has 58 valence electrons. The first-order valence-electron chi connectivity index (χ1n) is 0.408. The molecular weight excluding hydrogens is 223 g/mol. The molecule has 0 rings (SSSR count). The zero-order chi connectivity index (χ0) is 2.71. The molecule has 0 radical (unpaired) electrons. The highest BCUT2D eigenvalue weighted by Gasteiger charge is 1.10. The standard InChI is InChI=1S/5ClH.HNO2/c;;;;;2-1-3/h5*1H;1H. The van der Waals surface area contributed by atoms with Crippen molar-refractivity contribution in [2.45, 2.75) is 0 Å². The normalized spacial score (nSPS) is 1.50. The third kappa shape index (κ3) is 324. The van der Waals surface area contributed by atoms with Crippen molar-refractivity contribution in [3.63, 3.8) is 0 Å². The van der Waals surface area contributed by atoms with Crippen LogP contribution in [0.2, 0.25) is 0 Å². The minimum absolute atomic E-state index is 0. The van der Waals surface area contributed by atoms with Crippen LogP contribution < -0.4 is 5.34 Å². The van der Waals surface area contributed by atoms with Crippen molar-refractivity contribution in [2.24, 2.45) is 0 Å². The first-order valence-corrected chi connectivity index (χ1v) is 0.408. The summed E-state index contributed by atoms with van der Waals surface area (Å²) in [6.45, 7) is 0. The smallest absolute Gasteiger partial charge is 0.00366 e. The van der Waals surface area contributed by atoms with Gasteiger partial charge in [-0.2, -0.15) is 0 Å². The Labute approximate surface area is 77.6 Å². The molecule has 0 spiro atoms. The van der Waals surface area contributed by atoms with Gasteiger partial charge in [0.25, 0.3) is 0 Å². The number of halogens is 5. The maximum atomic E-state index is 8.12. The van der Waals surface area contributed by atoms with Crippen LogP contribution in [0.1, 0.15) is 0 Å². The molecule has 0 aliphatic rings. The Hall–Kier alpha value is 0.850. The van der Waals surface area contributed by atoms with Gasteiger partial charge in [-0.15, -0.1) is 62.0 Å². The van der Waals surface area contributed by atoms with E-state index in [2.05, 4.69) is 0 Å². The van der Waals surface area contributed by atoms with Crippen LogP contribution in [-0.4, -0.2) is 0 Å². The highest BCUT2D eigenvalue weighted by Crippen LogP contribution is 0.694. The molecule has 0 aromatic heterocycles. The van der Waals surface area contributed by atoms with Gasteiger partial charge < -0.3 is 0 Å². The van der Waals surface area contributed by atoms with E-state index in [1.165, 1.54) is 0 Å². The lowest BCUT2D eigenvalue weighted by Gasteiger charge is -1.36. The van der Waals surface area contributed by atoms with Gasteiger partial charge in [-0.3, -0.25) is 10.1 Å². The van der Waals surface area contributed by atoms with Crippen LogP contribution in [-0.2, 0) is 0 Å². The maximum absolute atomic E-state index is 8.12. The molecule has 3 nitrogen and oxygen atoms in total. The van der Waals surface area contributed by atoms with E-state index >= 15 is 0 Å². The highest BCUT2D eigenvalue weighted by molar-refractivity contribution is 5.86. The van der Waals surface area contributed by atoms with Crippen molar-refractivity contribution in [1.82, 2.24) is 0 Å². The summed E-state index contributed by atoms with van der Waals surface area (Å²) >= 11 is 0. The Morgan fingerprint density at radius 1 is 0.875 bits per heavy atom. The van der Waals surface area contributed by atoms with E-state index in [4.69, 9.17) is 10.1 Å². The largest absolute Gasteiger partial charge is 0.267 e. The Balaban J connectivity index is -0.00000000200. The summed E-state index contributed by atoms with van der Waals surface area (Å²) in [5.74, 6) is 0. The second kappa shape index (κ2) is 108. The molecule has 0 amide bonds. The summed E-state index contributed by atoms with van der Waals surface area (Å²) in [7, 11) is 0. The van der Waals surface area contributed by atoms with Crippen molar-refractivity contribution in [2.75, 3.05) is 0 Å². The molecule has 8 heavy (non-hydrogen) atoms. The summed E-state index contributed by atoms with van der Waals surface area (Å²) in [6, 6.07) is 0. The van der Waals surface area contributed by atoms with Gasteiger partial charge in [-0.1, -0.05) is 0 Å². The molecule has 0 fully saturated rings. The minimum Gasteiger partial charge on any atom is -0.267 e. The predicted octanol–water partition coefficient (Wildman–Crippen LogP) is 0.440. The van der Waals surface area contributed by atoms with Gasteiger partial charge in [-0.25, -0.2) is 0 Å². The molecular formula is H6Cl5NO2. The first kappa shape index (κ1) is 67.1. The lowest BCUT2D eigenvalue weighted by atomic mass is 13.4. The van der Waals surface area contributed by atoms with Crippen LogP contribution in [0.5, 0.6) is 0 Å². The lowest BCUT2D eigenvalue weighted by molar-refractivity contribution is -0.398. The fourth-order valence-electron chi connectivity index (χ4n) is 0. The fraction of sp³-hybridized carbons (Fsp3) is 0. The Morgan fingerprint density at radius 3 is 0.875 bits per heavy atom. The second-order valence-corrected chi connectivity index (χ2v) is 0.0833. The van der Waals surface area contributed by atoms with Gasteiger partial charge in [0.15, 0.2) is 0 Å². The Kier molecular flexibility index (Phi) is 903. The lowest BCUT2D eigenvalue weighted by Crippen LogP contribution is -2.53. The van der Waals surface area contributed by atoms with E-state index < -0.39 is 0 Å². The third-order valence-electron chi connectivity index (χ3n) is 0. The minimum atomic E-state index is 0.